The van der Waals surface area contributed by atoms with Gasteiger partial charge in [-0.15, -0.1) is 0 Å². The van der Waals surface area contributed by atoms with Crippen LogP contribution in [0.25, 0.3) is 0 Å². The number of sulfonamides is 1. The second-order valence-corrected chi connectivity index (χ2v) is 5.98. The molecule has 1 rings (SSSR count). The molecule has 9 heteroatoms. The third-order valence-electron chi connectivity index (χ3n) is 2.47. The van der Waals surface area contributed by atoms with E-state index in [9.17, 15) is 13.2 Å². The Bertz CT molecular complexity index is 525. The molecule has 0 aliphatic carbocycles. The molecule has 1 amide bonds. The Hall–Kier alpha value is -1.45. The van der Waals surface area contributed by atoms with E-state index < -0.39 is 10.0 Å². The normalized spacial score (nSPS) is 11.8. The van der Waals surface area contributed by atoms with E-state index in [1.54, 1.807) is 6.92 Å². The zero-order chi connectivity index (χ0) is 14.5. The summed E-state index contributed by atoms with van der Waals surface area (Å²) in [6, 6.07) is 0. The Morgan fingerprint density at radius 2 is 2.26 bits per heavy atom. The topological polar surface area (TPSA) is 104 Å². The molecule has 0 bridgehead atoms. The summed E-state index contributed by atoms with van der Waals surface area (Å²) in [5.41, 5.74) is 0.437. The van der Waals surface area contributed by atoms with Crippen molar-refractivity contribution >= 4 is 15.9 Å². The predicted octanol–water partition coefficient (Wildman–Crippen LogP) is -0.899. The van der Waals surface area contributed by atoms with Gasteiger partial charge in [0, 0.05) is 20.7 Å². The third kappa shape index (κ3) is 4.01. The molecule has 0 unspecified atom stereocenters. The van der Waals surface area contributed by atoms with Crippen LogP contribution >= 0.6 is 0 Å². The maximum Gasteiger partial charge on any atom is 0.246 e. The number of nitrogens with zero attached hydrogens (tertiary/aromatic N) is 2. The molecule has 0 aromatic carbocycles. The Balaban J connectivity index is 2.65. The maximum atomic E-state index is 12.1. The fourth-order valence-electron chi connectivity index (χ4n) is 1.40. The molecule has 1 aromatic rings. The fraction of sp³-hybridized carbons (Fsp3) is 0.600. The van der Waals surface area contributed by atoms with Gasteiger partial charge < -0.3 is 10.1 Å². The average Bonchev–Trinajstić information content (AvgIpc) is 2.76. The van der Waals surface area contributed by atoms with Crippen LogP contribution in [0.4, 0.5) is 0 Å². The second kappa shape index (κ2) is 6.64. The van der Waals surface area contributed by atoms with Crippen LogP contribution in [-0.4, -0.2) is 62.7 Å². The van der Waals surface area contributed by atoms with Gasteiger partial charge in [0.2, 0.25) is 15.9 Å². The molecule has 0 atom stereocenters. The van der Waals surface area contributed by atoms with Crippen LogP contribution in [-0.2, 0) is 19.6 Å². The smallest absolute Gasteiger partial charge is 0.246 e. The lowest BCUT2D eigenvalue weighted by Gasteiger charge is -2.16. The largest absolute Gasteiger partial charge is 0.383 e. The van der Waals surface area contributed by atoms with Crippen molar-refractivity contribution in [1.29, 1.82) is 0 Å². The number of hydrogen-bond donors (Lipinski definition) is 2. The molecule has 0 fully saturated rings. The van der Waals surface area contributed by atoms with Crippen molar-refractivity contribution in [2.24, 2.45) is 0 Å². The van der Waals surface area contributed by atoms with Crippen molar-refractivity contribution in [3.8, 4) is 0 Å². The van der Waals surface area contributed by atoms with E-state index >= 15 is 0 Å². The molecule has 0 spiro atoms. The van der Waals surface area contributed by atoms with Gasteiger partial charge in [0.15, 0.2) is 0 Å². The number of aromatic amines is 1. The number of aryl methyl sites for hydroxylation is 1. The highest BCUT2D eigenvalue weighted by molar-refractivity contribution is 7.89. The van der Waals surface area contributed by atoms with Crippen LogP contribution < -0.4 is 5.32 Å². The van der Waals surface area contributed by atoms with Gasteiger partial charge in [-0.05, 0) is 6.92 Å². The first-order valence-corrected chi connectivity index (χ1v) is 7.05. The Morgan fingerprint density at radius 1 is 1.58 bits per heavy atom. The number of amides is 1. The number of nitrogens with one attached hydrogen (secondary N) is 2. The molecule has 8 nitrogen and oxygen atoms in total. The minimum Gasteiger partial charge on any atom is -0.383 e. The first-order valence-electron chi connectivity index (χ1n) is 5.61. The van der Waals surface area contributed by atoms with Gasteiger partial charge >= 0.3 is 0 Å². The van der Waals surface area contributed by atoms with Crippen molar-refractivity contribution in [2.45, 2.75) is 11.8 Å². The predicted molar refractivity (Wildman–Crippen MR) is 68.0 cm³/mol. The molecule has 1 aromatic heterocycles. The molecule has 0 aliphatic heterocycles. The highest BCUT2D eigenvalue weighted by Gasteiger charge is 2.25. The lowest BCUT2D eigenvalue weighted by molar-refractivity contribution is -0.121. The summed E-state index contributed by atoms with van der Waals surface area (Å²) < 4.78 is 30.0. The lowest BCUT2D eigenvalue weighted by Crippen LogP contribution is -2.39. The SMILES string of the molecule is COCCNC(=O)CN(C)S(=O)(=O)c1cn[nH]c1C. The number of carbonyl (C=O) groups excluding carboxylic acids is 1. The molecular weight excluding hydrogens is 272 g/mol. The maximum absolute atomic E-state index is 12.1. The summed E-state index contributed by atoms with van der Waals surface area (Å²) in [5.74, 6) is -0.385. The van der Waals surface area contributed by atoms with Gasteiger partial charge in [0.05, 0.1) is 25.0 Å². The van der Waals surface area contributed by atoms with Gasteiger partial charge in [-0.1, -0.05) is 0 Å². The molecule has 0 aliphatic rings. The van der Waals surface area contributed by atoms with Crippen LogP contribution in [0.3, 0.4) is 0 Å². The van der Waals surface area contributed by atoms with E-state index in [0.717, 1.165) is 4.31 Å². The second-order valence-electron chi connectivity index (χ2n) is 3.96. The monoisotopic (exact) mass is 290 g/mol. The Labute approximate surface area is 112 Å². The number of carbonyl (C=O) groups is 1. The molecule has 0 radical (unpaired) electrons. The van der Waals surface area contributed by atoms with E-state index in [1.807, 2.05) is 0 Å². The highest BCUT2D eigenvalue weighted by Crippen LogP contribution is 2.15. The standard InChI is InChI=1S/C10H18N4O4S/c1-8-9(6-12-13-8)19(16,17)14(2)7-10(15)11-4-5-18-3/h6H,4-5,7H2,1-3H3,(H,11,15)(H,12,13). The minimum atomic E-state index is -3.70. The number of rotatable bonds is 7. The number of likely N-dealkylation sites (N-methyl/N-ethyl adjacent to an activating group) is 1. The molecule has 1 heterocycles. The zero-order valence-electron chi connectivity index (χ0n) is 11.1. The first-order chi connectivity index (χ1) is 8.89. The number of methoxy groups -OCH3 is 1. The van der Waals surface area contributed by atoms with E-state index in [4.69, 9.17) is 4.74 Å². The summed E-state index contributed by atoms with van der Waals surface area (Å²) in [6.07, 6.45) is 1.23. The van der Waals surface area contributed by atoms with E-state index in [2.05, 4.69) is 15.5 Å². The van der Waals surface area contributed by atoms with Crippen LogP contribution in [0, 0.1) is 6.92 Å². The first kappa shape index (κ1) is 15.6. The fourth-order valence-corrected chi connectivity index (χ4v) is 2.64. The summed E-state index contributed by atoms with van der Waals surface area (Å²) in [5, 5.41) is 8.77. The van der Waals surface area contributed by atoms with E-state index in [0.29, 0.717) is 18.8 Å². The average molecular weight is 290 g/mol. The molecule has 0 saturated carbocycles. The van der Waals surface area contributed by atoms with Crippen LogP contribution in [0.15, 0.2) is 11.1 Å². The minimum absolute atomic E-state index is 0.0692. The van der Waals surface area contributed by atoms with Crippen molar-refractivity contribution in [1.82, 2.24) is 19.8 Å². The summed E-state index contributed by atoms with van der Waals surface area (Å²) in [4.78, 5) is 11.6. The van der Waals surface area contributed by atoms with Crippen LogP contribution in [0.2, 0.25) is 0 Å². The lowest BCUT2D eigenvalue weighted by atomic mass is 10.5. The summed E-state index contributed by atoms with van der Waals surface area (Å²) in [6.45, 7) is 2.07. The molecule has 2 N–H and O–H groups in total. The Morgan fingerprint density at radius 3 is 2.79 bits per heavy atom. The number of aromatic nitrogens is 2. The van der Waals surface area contributed by atoms with Gasteiger partial charge in [0.1, 0.15) is 4.90 Å². The third-order valence-corrected chi connectivity index (χ3v) is 4.38. The van der Waals surface area contributed by atoms with E-state index in [-0.39, 0.29) is 17.3 Å². The highest BCUT2D eigenvalue weighted by atomic mass is 32.2. The number of hydrogen-bond acceptors (Lipinski definition) is 5. The van der Waals surface area contributed by atoms with Gasteiger partial charge in [0.25, 0.3) is 0 Å². The Kier molecular flexibility index (Phi) is 5.45. The molecule has 108 valence electrons. The van der Waals surface area contributed by atoms with E-state index in [1.165, 1.54) is 20.4 Å². The van der Waals surface area contributed by atoms with Crippen molar-refractivity contribution in [3.05, 3.63) is 11.9 Å². The molecular formula is C10H18N4O4S. The van der Waals surface area contributed by atoms with Crippen molar-refractivity contribution in [2.75, 3.05) is 33.9 Å². The van der Waals surface area contributed by atoms with Gasteiger partial charge in [-0.3, -0.25) is 9.89 Å². The number of H-pyrrole nitrogens is 1. The summed E-state index contributed by atoms with van der Waals surface area (Å²) >= 11 is 0. The van der Waals surface area contributed by atoms with Gasteiger partial charge in [-0.25, -0.2) is 8.42 Å². The quantitative estimate of drug-likeness (QED) is 0.633. The van der Waals surface area contributed by atoms with Crippen molar-refractivity contribution < 1.29 is 17.9 Å². The number of ether oxygens (including phenoxy) is 1. The molecule has 0 saturated heterocycles. The summed E-state index contributed by atoms with van der Waals surface area (Å²) in [7, 11) is -0.841. The van der Waals surface area contributed by atoms with Gasteiger partial charge in [-0.2, -0.15) is 9.40 Å². The van der Waals surface area contributed by atoms with Crippen LogP contribution in [0.5, 0.6) is 0 Å². The van der Waals surface area contributed by atoms with Crippen molar-refractivity contribution in [3.63, 3.8) is 0 Å². The van der Waals surface area contributed by atoms with Crippen LogP contribution in [0.1, 0.15) is 5.69 Å². The zero-order valence-corrected chi connectivity index (χ0v) is 12.0. The molecule has 19 heavy (non-hydrogen) atoms.